The maximum absolute atomic E-state index is 6.28. The van der Waals surface area contributed by atoms with Gasteiger partial charge in [-0.3, -0.25) is 0 Å². The largest absolute Gasteiger partial charge is 0.347 e. The van der Waals surface area contributed by atoms with Crippen LogP contribution in [0.2, 0.25) is 0 Å². The molecule has 2 aliphatic heterocycles. The van der Waals surface area contributed by atoms with Crippen molar-refractivity contribution in [3.8, 4) is 0 Å². The number of hydrogen-bond acceptors (Lipinski definition) is 2. The molecular weight excluding hydrogens is 258 g/mol. The van der Waals surface area contributed by atoms with Gasteiger partial charge in [0.25, 0.3) is 0 Å². The van der Waals surface area contributed by atoms with Gasteiger partial charge in [0, 0.05) is 24.2 Å². The van der Waals surface area contributed by atoms with Gasteiger partial charge in [0.15, 0.2) is 5.72 Å². The lowest BCUT2D eigenvalue weighted by Gasteiger charge is -2.42. The standard InChI is InChI=1S/C19H19NO/c1-2-7-16(8-3-1)11-13-19-12-6-14-20(19)18-10-5-4-9-17(18)15-21-19/h1-5,7-11,13H,6,12,14-15H2/b13-11+. The number of rotatable bonds is 2. The molecule has 0 radical (unpaired) electrons. The van der Waals surface area contributed by atoms with Crippen molar-refractivity contribution < 1.29 is 4.74 Å². The number of hydrogen-bond donors (Lipinski definition) is 0. The molecule has 21 heavy (non-hydrogen) atoms. The van der Waals surface area contributed by atoms with E-state index in [0.717, 1.165) is 13.0 Å². The third kappa shape index (κ3) is 2.16. The quantitative estimate of drug-likeness (QED) is 0.814. The number of ether oxygens (including phenoxy) is 1. The molecule has 1 unspecified atom stereocenters. The third-order valence-corrected chi connectivity index (χ3v) is 4.47. The monoisotopic (exact) mass is 277 g/mol. The van der Waals surface area contributed by atoms with E-state index < -0.39 is 0 Å². The highest BCUT2D eigenvalue weighted by molar-refractivity contribution is 5.61. The molecule has 0 N–H and O–H groups in total. The summed E-state index contributed by atoms with van der Waals surface area (Å²) in [5, 5.41) is 0. The lowest BCUT2D eigenvalue weighted by atomic mass is 10.0. The molecule has 2 heteroatoms. The maximum Gasteiger partial charge on any atom is 0.161 e. The van der Waals surface area contributed by atoms with E-state index in [-0.39, 0.29) is 5.72 Å². The van der Waals surface area contributed by atoms with Crippen LogP contribution >= 0.6 is 0 Å². The first-order chi connectivity index (χ1) is 10.4. The van der Waals surface area contributed by atoms with Crippen molar-refractivity contribution in [3.05, 3.63) is 71.8 Å². The van der Waals surface area contributed by atoms with Gasteiger partial charge in [-0.05, 0) is 24.1 Å². The Morgan fingerprint density at radius 1 is 1.00 bits per heavy atom. The van der Waals surface area contributed by atoms with Crippen LogP contribution in [0.25, 0.3) is 6.08 Å². The molecule has 4 rings (SSSR count). The van der Waals surface area contributed by atoms with Gasteiger partial charge < -0.3 is 9.64 Å². The third-order valence-electron chi connectivity index (χ3n) is 4.47. The van der Waals surface area contributed by atoms with Crippen molar-refractivity contribution in [2.24, 2.45) is 0 Å². The van der Waals surface area contributed by atoms with Gasteiger partial charge in [-0.2, -0.15) is 0 Å². The smallest absolute Gasteiger partial charge is 0.161 e. The second-order valence-corrected chi connectivity index (χ2v) is 5.76. The van der Waals surface area contributed by atoms with Crippen molar-refractivity contribution in [2.45, 2.75) is 25.2 Å². The molecule has 1 fully saturated rings. The number of para-hydroxylation sites is 1. The molecule has 0 amide bonds. The second kappa shape index (κ2) is 5.05. The van der Waals surface area contributed by atoms with Gasteiger partial charge in [0.1, 0.15) is 0 Å². The molecule has 0 aromatic heterocycles. The summed E-state index contributed by atoms with van der Waals surface area (Å²) in [7, 11) is 0. The van der Waals surface area contributed by atoms with Crippen LogP contribution in [-0.4, -0.2) is 12.3 Å². The highest BCUT2D eigenvalue weighted by Crippen LogP contribution is 2.42. The molecule has 0 saturated carbocycles. The summed E-state index contributed by atoms with van der Waals surface area (Å²) in [6.45, 7) is 1.77. The first-order valence-corrected chi connectivity index (χ1v) is 7.61. The fourth-order valence-corrected chi connectivity index (χ4v) is 3.40. The van der Waals surface area contributed by atoms with E-state index in [1.165, 1.54) is 23.2 Å². The predicted octanol–water partition coefficient (Wildman–Crippen LogP) is 4.23. The Bertz CT molecular complexity index is 664. The predicted molar refractivity (Wildman–Crippen MR) is 86.0 cm³/mol. The van der Waals surface area contributed by atoms with Crippen LogP contribution < -0.4 is 4.90 Å². The van der Waals surface area contributed by atoms with Gasteiger partial charge in [-0.25, -0.2) is 0 Å². The van der Waals surface area contributed by atoms with Crippen LogP contribution in [0.5, 0.6) is 0 Å². The maximum atomic E-state index is 6.28. The van der Waals surface area contributed by atoms with E-state index in [9.17, 15) is 0 Å². The van der Waals surface area contributed by atoms with Gasteiger partial charge in [-0.1, -0.05) is 54.6 Å². The highest BCUT2D eigenvalue weighted by atomic mass is 16.5. The first-order valence-electron chi connectivity index (χ1n) is 7.61. The van der Waals surface area contributed by atoms with E-state index in [1.54, 1.807) is 0 Å². The summed E-state index contributed by atoms with van der Waals surface area (Å²) in [6.07, 6.45) is 6.66. The second-order valence-electron chi connectivity index (χ2n) is 5.76. The van der Waals surface area contributed by atoms with Crippen LogP contribution in [0.3, 0.4) is 0 Å². The van der Waals surface area contributed by atoms with E-state index in [1.807, 2.05) is 6.07 Å². The topological polar surface area (TPSA) is 12.5 Å². The molecule has 1 saturated heterocycles. The average Bonchev–Trinajstić information content (AvgIpc) is 2.99. The Morgan fingerprint density at radius 2 is 1.81 bits per heavy atom. The molecule has 0 aliphatic carbocycles. The van der Waals surface area contributed by atoms with E-state index >= 15 is 0 Å². The zero-order valence-electron chi connectivity index (χ0n) is 12.0. The zero-order valence-corrected chi connectivity index (χ0v) is 12.0. The molecular formula is C19H19NO. The van der Waals surface area contributed by atoms with E-state index in [0.29, 0.717) is 6.61 Å². The van der Waals surface area contributed by atoms with Crippen molar-refractivity contribution in [1.82, 2.24) is 0 Å². The van der Waals surface area contributed by atoms with Gasteiger partial charge in [-0.15, -0.1) is 0 Å². The van der Waals surface area contributed by atoms with Crippen molar-refractivity contribution in [2.75, 3.05) is 11.4 Å². The highest BCUT2D eigenvalue weighted by Gasteiger charge is 2.43. The minimum atomic E-state index is -0.260. The van der Waals surface area contributed by atoms with Crippen LogP contribution in [-0.2, 0) is 11.3 Å². The van der Waals surface area contributed by atoms with Crippen molar-refractivity contribution in [3.63, 3.8) is 0 Å². The first kappa shape index (κ1) is 12.7. The normalized spacial score (nSPS) is 24.1. The number of anilines is 1. The summed E-state index contributed by atoms with van der Waals surface area (Å²) in [5.74, 6) is 0. The Morgan fingerprint density at radius 3 is 2.71 bits per heavy atom. The lowest BCUT2D eigenvalue weighted by Crippen LogP contribution is -2.47. The fourth-order valence-electron chi connectivity index (χ4n) is 3.40. The Kier molecular flexibility index (Phi) is 3.04. The van der Waals surface area contributed by atoms with Gasteiger partial charge in [0.2, 0.25) is 0 Å². The molecule has 2 aliphatic rings. The molecule has 2 aromatic rings. The summed E-state index contributed by atoms with van der Waals surface area (Å²) < 4.78 is 6.28. The minimum absolute atomic E-state index is 0.260. The molecule has 0 bridgehead atoms. The zero-order chi connectivity index (χ0) is 14.1. The van der Waals surface area contributed by atoms with Crippen LogP contribution in [0.15, 0.2) is 60.7 Å². The van der Waals surface area contributed by atoms with Crippen LogP contribution in [0.1, 0.15) is 24.0 Å². The molecule has 106 valence electrons. The SMILES string of the molecule is C(=C\C12CCCN1c1ccccc1CO2)/c1ccccc1. The number of fused-ring (bicyclic) bond motifs is 3. The summed E-state index contributed by atoms with van der Waals surface area (Å²) in [4.78, 5) is 2.42. The average molecular weight is 277 g/mol. The fraction of sp³-hybridized carbons (Fsp3) is 0.263. The summed E-state index contributed by atoms with van der Waals surface area (Å²) in [5.41, 5.74) is 3.59. The Balaban J connectivity index is 1.69. The van der Waals surface area contributed by atoms with Gasteiger partial charge >= 0.3 is 0 Å². The van der Waals surface area contributed by atoms with Crippen LogP contribution in [0, 0.1) is 0 Å². The van der Waals surface area contributed by atoms with E-state index in [4.69, 9.17) is 4.74 Å². The Labute approximate surface area is 125 Å². The summed E-state index contributed by atoms with van der Waals surface area (Å²) in [6, 6.07) is 19.0. The van der Waals surface area contributed by atoms with Gasteiger partial charge in [0.05, 0.1) is 6.61 Å². The summed E-state index contributed by atoms with van der Waals surface area (Å²) >= 11 is 0. The molecule has 1 atom stereocenters. The van der Waals surface area contributed by atoms with Crippen LogP contribution in [0.4, 0.5) is 5.69 Å². The molecule has 2 nitrogen and oxygen atoms in total. The van der Waals surface area contributed by atoms with Crippen molar-refractivity contribution in [1.29, 1.82) is 0 Å². The lowest BCUT2D eigenvalue weighted by molar-refractivity contribution is -0.0209. The Hall–Kier alpha value is -2.06. The number of benzene rings is 2. The van der Waals surface area contributed by atoms with E-state index in [2.05, 4.69) is 65.6 Å². The molecule has 2 aromatic carbocycles. The van der Waals surface area contributed by atoms with Crippen molar-refractivity contribution >= 4 is 11.8 Å². The molecule has 2 heterocycles. The molecule has 0 spiro atoms. The number of nitrogens with zero attached hydrogens (tertiary/aromatic N) is 1. The minimum Gasteiger partial charge on any atom is -0.347 e.